The van der Waals surface area contributed by atoms with Gasteiger partial charge in [0.25, 0.3) is 0 Å². The van der Waals surface area contributed by atoms with Crippen molar-refractivity contribution >= 4 is 21.6 Å². The lowest BCUT2D eigenvalue weighted by atomic mass is 9.97. The highest BCUT2D eigenvalue weighted by Crippen LogP contribution is 2.32. The van der Waals surface area contributed by atoms with E-state index in [2.05, 4.69) is 5.32 Å². The van der Waals surface area contributed by atoms with E-state index in [1.54, 1.807) is 0 Å². The summed E-state index contributed by atoms with van der Waals surface area (Å²) in [4.78, 5) is 11.7. The van der Waals surface area contributed by atoms with Crippen molar-refractivity contribution in [2.45, 2.75) is 31.1 Å². The molecule has 1 fully saturated rings. The number of halogens is 1. The molecule has 2 rings (SSSR count). The Morgan fingerprint density at radius 3 is 2.60 bits per heavy atom. The molecule has 0 spiro atoms. The van der Waals surface area contributed by atoms with Crippen LogP contribution in [0.1, 0.15) is 26.2 Å². The van der Waals surface area contributed by atoms with Crippen molar-refractivity contribution < 1.29 is 17.6 Å². The van der Waals surface area contributed by atoms with E-state index in [1.807, 2.05) is 6.92 Å². The fraction of sp³-hybridized carbons (Fsp3) is 0.462. The normalized spacial score (nSPS) is 22.8. The van der Waals surface area contributed by atoms with Gasteiger partial charge in [-0.25, -0.2) is 17.9 Å². The van der Waals surface area contributed by atoms with E-state index < -0.39 is 15.8 Å². The average molecular weight is 300 g/mol. The third-order valence-corrected chi connectivity index (χ3v) is 4.56. The van der Waals surface area contributed by atoms with Gasteiger partial charge < -0.3 is 5.32 Å². The van der Waals surface area contributed by atoms with Crippen LogP contribution >= 0.6 is 0 Å². The van der Waals surface area contributed by atoms with Crippen LogP contribution in [0.4, 0.5) is 10.1 Å². The lowest BCUT2D eigenvalue weighted by Crippen LogP contribution is -2.24. The molecular formula is C13H17FN2O3S. The molecule has 110 valence electrons. The predicted molar refractivity (Wildman–Crippen MR) is 72.9 cm³/mol. The van der Waals surface area contributed by atoms with Crippen molar-refractivity contribution in [3.8, 4) is 0 Å². The number of anilines is 1. The van der Waals surface area contributed by atoms with Crippen LogP contribution in [0.15, 0.2) is 23.1 Å². The zero-order valence-electron chi connectivity index (χ0n) is 11.1. The van der Waals surface area contributed by atoms with Crippen LogP contribution in [0.3, 0.4) is 0 Å². The third kappa shape index (κ3) is 3.34. The second-order valence-corrected chi connectivity index (χ2v) is 6.79. The molecule has 1 amide bonds. The predicted octanol–water partition coefficient (Wildman–Crippen LogP) is 1.85. The molecule has 20 heavy (non-hydrogen) atoms. The molecule has 2 unspecified atom stereocenters. The minimum absolute atomic E-state index is 0.109. The van der Waals surface area contributed by atoms with E-state index in [-0.39, 0.29) is 28.3 Å². The molecule has 2 atom stereocenters. The number of nitrogens with one attached hydrogen (secondary N) is 1. The minimum Gasteiger partial charge on any atom is -0.326 e. The number of hydrogen-bond donors (Lipinski definition) is 2. The van der Waals surface area contributed by atoms with E-state index >= 15 is 0 Å². The van der Waals surface area contributed by atoms with Crippen molar-refractivity contribution in [3.63, 3.8) is 0 Å². The summed E-state index contributed by atoms with van der Waals surface area (Å²) in [6.45, 7) is 2.00. The maximum atomic E-state index is 13.4. The average Bonchev–Trinajstić information content (AvgIpc) is 2.73. The molecular weight excluding hydrogens is 283 g/mol. The monoisotopic (exact) mass is 300 g/mol. The Morgan fingerprint density at radius 2 is 2.05 bits per heavy atom. The first-order valence-electron chi connectivity index (χ1n) is 6.41. The van der Waals surface area contributed by atoms with E-state index in [4.69, 9.17) is 5.14 Å². The summed E-state index contributed by atoms with van der Waals surface area (Å²) in [6, 6.07) is 3.06. The van der Waals surface area contributed by atoms with E-state index in [0.717, 1.165) is 37.5 Å². The van der Waals surface area contributed by atoms with Crippen molar-refractivity contribution in [2.75, 3.05) is 5.32 Å². The Balaban J connectivity index is 2.21. The fourth-order valence-corrected chi connectivity index (χ4v) is 3.14. The van der Waals surface area contributed by atoms with E-state index in [9.17, 15) is 17.6 Å². The van der Waals surface area contributed by atoms with E-state index in [1.165, 1.54) is 0 Å². The largest absolute Gasteiger partial charge is 0.326 e. The summed E-state index contributed by atoms with van der Waals surface area (Å²) in [7, 11) is -4.00. The van der Waals surface area contributed by atoms with Gasteiger partial charge in [0.05, 0.1) is 4.90 Å². The number of nitrogens with two attached hydrogens (primary N) is 1. The summed E-state index contributed by atoms with van der Waals surface area (Å²) < 4.78 is 35.9. The Morgan fingerprint density at radius 1 is 1.35 bits per heavy atom. The van der Waals surface area contributed by atoms with Crippen LogP contribution in [0.2, 0.25) is 0 Å². The van der Waals surface area contributed by atoms with Crippen LogP contribution in [0.5, 0.6) is 0 Å². The molecule has 1 saturated carbocycles. The zero-order chi connectivity index (χ0) is 14.9. The molecule has 0 saturated heterocycles. The van der Waals surface area contributed by atoms with Crippen molar-refractivity contribution in [2.24, 2.45) is 17.0 Å². The standard InChI is InChI=1S/C13H17FN2O3S/c1-8-3-2-4-12(8)13(17)16-10-5-9(14)6-11(7-10)20(15,18)19/h5-8,12H,2-4H2,1H3,(H,16,17)(H2,15,18,19). The first kappa shape index (κ1) is 14.9. The Kier molecular flexibility index (Phi) is 4.10. The summed E-state index contributed by atoms with van der Waals surface area (Å²) >= 11 is 0. The first-order valence-corrected chi connectivity index (χ1v) is 7.96. The number of primary sulfonamides is 1. The highest BCUT2D eigenvalue weighted by atomic mass is 32.2. The number of amides is 1. The van der Waals surface area contributed by atoms with Gasteiger partial charge in [0.2, 0.25) is 15.9 Å². The number of sulfonamides is 1. The maximum Gasteiger partial charge on any atom is 0.238 e. The molecule has 1 aliphatic rings. The van der Waals surface area contributed by atoms with Crippen molar-refractivity contribution in [1.82, 2.24) is 0 Å². The van der Waals surface area contributed by atoms with Crippen molar-refractivity contribution in [1.29, 1.82) is 0 Å². The van der Waals surface area contributed by atoms with Gasteiger partial charge in [-0.3, -0.25) is 4.79 Å². The second-order valence-electron chi connectivity index (χ2n) is 5.22. The Labute approximate surface area is 117 Å². The van der Waals surface area contributed by atoms with Gasteiger partial charge in [0.15, 0.2) is 0 Å². The van der Waals surface area contributed by atoms with Gasteiger partial charge in [0, 0.05) is 11.6 Å². The molecule has 0 bridgehead atoms. The summed E-state index contributed by atoms with van der Waals surface area (Å²) in [6.07, 6.45) is 2.78. The molecule has 7 heteroatoms. The fourth-order valence-electron chi connectivity index (χ4n) is 2.57. The van der Waals surface area contributed by atoms with Gasteiger partial charge in [-0.1, -0.05) is 13.3 Å². The van der Waals surface area contributed by atoms with Gasteiger partial charge in [-0.15, -0.1) is 0 Å². The number of benzene rings is 1. The molecule has 0 aromatic heterocycles. The molecule has 1 aromatic rings. The molecule has 1 aromatic carbocycles. The number of carbonyl (C=O) groups excluding carboxylic acids is 1. The van der Waals surface area contributed by atoms with E-state index in [0.29, 0.717) is 0 Å². The van der Waals surface area contributed by atoms with Gasteiger partial charge in [-0.05, 0) is 37.0 Å². The topological polar surface area (TPSA) is 89.3 Å². The number of carbonyl (C=O) groups is 1. The molecule has 0 radical (unpaired) electrons. The molecule has 3 N–H and O–H groups in total. The van der Waals surface area contributed by atoms with Gasteiger partial charge >= 0.3 is 0 Å². The highest BCUT2D eigenvalue weighted by Gasteiger charge is 2.29. The molecule has 0 aliphatic heterocycles. The lowest BCUT2D eigenvalue weighted by Gasteiger charge is -2.15. The first-order chi connectivity index (χ1) is 9.27. The molecule has 1 aliphatic carbocycles. The van der Waals surface area contributed by atoms with Gasteiger partial charge in [0.1, 0.15) is 5.82 Å². The summed E-state index contributed by atoms with van der Waals surface area (Å²) in [5, 5.41) is 7.53. The zero-order valence-corrected chi connectivity index (χ0v) is 11.9. The lowest BCUT2D eigenvalue weighted by molar-refractivity contribution is -0.120. The third-order valence-electron chi connectivity index (χ3n) is 3.67. The van der Waals surface area contributed by atoms with Crippen molar-refractivity contribution in [3.05, 3.63) is 24.0 Å². The van der Waals surface area contributed by atoms with Crippen LogP contribution in [0.25, 0.3) is 0 Å². The van der Waals surface area contributed by atoms with Gasteiger partial charge in [-0.2, -0.15) is 0 Å². The molecule has 5 nitrogen and oxygen atoms in total. The quantitative estimate of drug-likeness (QED) is 0.892. The Bertz CT molecular complexity index is 631. The summed E-state index contributed by atoms with van der Waals surface area (Å²) in [5.74, 6) is -0.801. The highest BCUT2D eigenvalue weighted by molar-refractivity contribution is 7.89. The minimum atomic E-state index is -4.00. The smallest absolute Gasteiger partial charge is 0.238 e. The Hall–Kier alpha value is -1.47. The number of rotatable bonds is 3. The SMILES string of the molecule is CC1CCCC1C(=O)Nc1cc(F)cc(S(N)(=O)=O)c1. The maximum absolute atomic E-state index is 13.4. The molecule has 0 heterocycles. The van der Waals surface area contributed by atoms with Crippen LogP contribution < -0.4 is 10.5 Å². The number of hydrogen-bond acceptors (Lipinski definition) is 3. The second kappa shape index (κ2) is 5.49. The van der Waals surface area contributed by atoms with Crippen LogP contribution in [0, 0.1) is 17.7 Å². The van der Waals surface area contributed by atoms with Crippen LogP contribution in [-0.4, -0.2) is 14.3 Å². The van der Waals surface area contributed by atoms with Crippen LogP contribution in [-0.2, 0) is 14.8 Å². The summed E-state index contributed by atoms with van der Waals surface area (Å²) in [5.41, 5.74) is 0.109.